The molecule has 0 radical (unpaired) electrons. The molecule has 14 rings (SSSR count). The van der Waals surface area contributed by atoms with Gasteiger partial charge in [-0.05, 0) is 78.4 Å². The summed E-state index contributed by atoms with van der Waals surface area (Å²) in [4.78, 5) is 0. The number of nitrogens with zero attached hydrogens (tertiary/aromatic N) is 5. The Labute approximate surface area is 397 Å². The van der Waals surface area contributed by atoms with Crippen LogP contribution >= 0.6 is 0 Å². The summed E-state index contributed by atoms with van der Waals surface area (Å²) in [7, 11) is 0. The third-order valence-electron chi connectivity index (χ3n) is 14.2. The second-order valence-electron chi connectivity index (χ2n) is 17.9. The maximum atomic E-state index is 14.9. The molecule has 0 amide bonds. The molecule has 0 saturated heterocycles. The van der Waals surface area contributed by atoms with Crippen LogP contribution < -0.4 is 0 Å². The van der Waals surface area contributed by atoms with E-state index in [-0.39, 0.29) is 0 Å². The molecular weight excluding hydrogens is 872 g/mol. The van der Waals surface area contributed by atoms with Gasteiger partial charge in [-0.2, -0.15) is 18.4 Å². The van der Waals surface area contributed by atoms with Crippen LogP contribution in [0.2, 0.25) is 0 Å². The topological polar surface area (TPSA) is 43.5 Å². The molecule has 330 valence electrons. The minimum atomic E-state index is -4.61. The van der Waals surface area contributed by atoms with Gasteiger partial charge in [0.2, 0.25) is 0 Å². The summed E-state index contributed by atoms with van der Waals surface area (Å²) in [5, 5.41) is 19.7. The normalized spacial score (nSPS) is 12.2. The number of rotatable bonds is 5. The maximum absolute atomic E-state index is 14.9. The number of benzene rings is 10. The van der Waals surface area contributed by atoms with Crippen LogP contribution in [-0.2, 0) is 6.18 Å². The first-order valence-electron chi connectivity index (χ1n) is 23.2. The Balaban J connectivity index is 1.18. The standard InChI is InChI=1S/C62H36F3N5/c63-62(64,65)40-17-15-16-38(34-40)51-36-56(69-54-28-13-9-24-45(54)49-32-30-47-43-22-7-11-26-52(43)67(58(47)60(49)69)41-18-3-1-4-19-41)39(37-66)35-57(51)70-55-29-14-10-25-46(55)50-33-31-48-44-23-8-12-27-53(44)68(59(48)61(50)70)42-20-5-2-6-21-42/h1-36H. The summed E-state index contributed by atoms with van der Waals surface area (Å²) in [5.74, 6) is 0. The summed E-state index contributed by atoms with van der Waals surface area (Å²) in [6.45, 7) is 0. The zero-order valence-electron chi connectivity index (χ0n) is 37.2. The minimum absolute atomic E-state index is 0.356. The Morgan fingerprint density at radius 3 is 1.16 bits per heavy atom. The number of aromatic nitrogens is 4. The Kier molecular flexibility index (Phi) is 8.44. The van der Waals surface area contributed by atoms with Gasteiger partial charge in [-0.25, -0.2) is 0 Å². The number of para-hydroxylation sites is 6. The van der Waals surface area contributed by atoms with Gasteiger partial charge in [0.25, 0.3) is 0 Å². The summed E-state index contributed by atoms with van der Waals surface area (Å²) < 4.78 is 53.5. The molecule has 0 saturated carbocycles. The summed E-state index contributed by atoms with van der Waals surface area (Å²) >= 11 is 0. The van der Waals surface area contributed by atoms with Crippen molar-refractivity contribution in [3.63, 3.8) is 0 Å². The smallest absolute Gasteiger partial charge is 0.307 e. The van der Waals surface area contributed by atoms with Crippen LogP contribution in [0.4, 0.5) is 13.2 Å². The number of hydrogen-bond acceptors (Lipinski definition) is 1. The van der Waals surface area contributed by atoms with Crippen LogP contribution in [0.25, 0.3) is 121 Å². The fourth-order valence-corrected chi connectivity index (χ4v) is 11.3. The van der Waals surface area contributed by atoms with Crippen molar-refractivity contribution in [2.45, 2.75) is 6.18 Å². The van der Waals surface area contributed by atoms with Crippen molar-refractivity contribution >= 4 is 87.2 Å². The molecule has 0 fully saturated rings. The second kappa shape index (κ2) is 14.8. The zero-order valence-corrected chi connectivity index (χ0v) is 37.2. The van der Waals surface area contributed by atoms with Gasteiger partial charge in [0.15, 0.2) is 0 Å². The molecule has 10 aromatic carbocycles. The molecule has 0 aliphatic rings. The molecule has 4 heterocycles. The Morgan fingerprint density at radius 1 is 0.343 bits per heavy atom. The summed E-state index contributed by atoms with van der Waals surface area (Å²) in [6.07, 6.45) is -4.61. The molecule has 0 bridgehead atoms. The maximum Gasteiger partial charge on any atom is 0.416 e. The lowest BCUT2D eigenvalue weighted by atomic mass is 9.97. The Hall–Kier alpha value is -9.32. The van der Waals surface area contributed by atoms with Gasteiger partial charge in [-0.15, -0.1) is 0 Å². The van der Waals surface area contributed by atoms with E-state index in [1.807, 2.05) is 97.1 Å². The number of nitriles is 1. The molecule has 0 N–H and O–H groups in total. The molecule has 0 aliphatic heterocycles. The Bertz CT molecular complexity index is 4520. The van der Waals surface area contributed by atoms with Crippen molar-refractivity contribution in [1.82, 2.24) is 18.3 Å². The lowest BCUT2D eigenvalue weighted by Crippen LogP contribution is -2.07. The molecule has 0 atom stereocenters. The third kappa shape index (κ3) is 5.60. The van der Waals surface area contributed by atoms with Crippen LogP contribution in [0.15, 0.2) is 218 Å². The molecule has 70 heavy (non-hydrogen) atoms. The van der Waals surface area contributed by atoms with Crippen LogP contribution in [0.1, 0.15) is 11.1 Å². The number of fused-ring (bicyclic) bond motifs is 14. The molecule has 14 aromatic rings. The van der Waals surface area contributed by atoms with Gasteiger partial charge >= 0.3 is 6.18 Å². The van der Waals surface area contributed by atoms with Crippen LogP contribution in [0, 0.1) is 11.3 Å². The number of alkyl halides is 3. The minimum Gasteiger partial charge on any atom is -0.307 e. The van der Waals surface area contributed by atoms with Crippen molar-refractivity contribution in [3.05, 3.63) is 230 Å². The van der Waals surface area contributed by atoms with E-state index in [0.29, 0.717) is 28.1 Å². The zero-order chi connectivity index (χ0) is 46.8. The molecule has 5 nitrogen and oxygen atoms in total. The number of hydrogen-bond donors (Lipinski definition) is 0. The van der Waals surface area contributed by atoms with Gasteiger partial charge in [-0.1, -0.05) is 146 Å². The first kappa shape index (κ1) is 39.8. The average molecular weight is 908 g/mol. The molecule has 4 aromatic heterocycles. The van der Waals surface area contributed by atoms with E-state index in [9.17, 15) is 18.4 Å². The molecule has 8 heteroatoms. The lowest BCUT2D eigenvalue weighted by Gasteiger charge is -2.20. The predicted molar refractivity (Wildman–Crippen MR) is 279 cm³/mol. The highest BCUT2D eigenvalue weighted by Crippen LogP contribution is 2.47. The van der Waals surface area contributed by atoms with Crippen molar-refractivity contribution in [2.24, 2.45) is 0 Å². The average Bonchev–Trinajstić information content (AvgIpc) is 4.14. The van der Waals surface area contributed by atoms with Crippen LogP contribution in [0.3, 0.4) is 0 Å². The highest BCUT2D eigenvalue weighted by molar-refractivity contribution is 6.25. The van der Waals surface area contributed by atoms with Gasteiger partial charge in [0.1, 0.15) is 6.07 Å². The summed E-state index contributed by atoms with van der Waals surface area (Å²) in [6, 6.07) is 74.1. The predicted octanol–water partition coefficient (Wildman–Crippen LogP) is 16.6. The first-order valence-corrected chi connectivity index (χ1v) is 23.2. The van der Waals surface area contributed by atoms with Crippen LogP contribution in [-0.4, -0.2) is 18.3 Å². The van der Waals surface area contributed by atoms with E-state index in [2.05, 4.69) is 121 Å². The largest absolute Gasteiger partial charge is 0.416 e. The molecule has 0 aliphatic carbocycles. The van der Waals surface area contributed by atoms with Gasteiger partial charge in [-0.3, -0.25) is 0 Å². The first-order chi connectivity index (χ1) is 34.4. The fourth-order valence-electron chi connectivity index (χ4n) is 11.3. The second-order valence-corrected chi connectivity index (χ2v) is 17.9. The molecule has 0 spiro atoms. The van der Waals surface area contributed by atoms with Gasteiger partial charge in [0, 0.05) is 60.0 Å². The monoisotopic (exact) mass is 907 g/mol. The lowest BCUT2D eigenvalue weighted by molar-refractivity contribution is -0.137. The van der Waals surface area contributed by atoms with Crippen molar-refractivity contribution < 1.29 is 13.2 Å². The SMILES string of the molecule is N#Cc1cc(-n2c3ccccc3c3ccc4c5ccccc5n(-c5ccccc5)c4c32)c(-c2cccc(C(F)(F)F)c2)cc1-n1c2ccccc2c2ccc3c4ccccc4n(-c4ccccc4)c3c21. The highest BCUT2D eigenvalue weighted by atomic mass is 19.4. The Morgan fingerprint density at radius 2 is 0.729 bits per heavy atom. The van der Waals surface area contributed by atoms with E-state index in [4.69, 9.17) is 0 Å². The van der Waals surface area contributed by atoms with Gasteiger partial charge < -0.3 is 18.3 Å². The quantitative estimate of drug-likeness (QED) is 0.170. The van der Waals surface area contributed by atoms with E-state index in [1.165, 1.54) is 12.1 Å². The van der Waals surface area contributed by atoms with E-state index >= 15 is 0 Å². The molecule has 0 unspecified atom stereocenters. The fraction of sp³-hybridized carbons (Fsp3) is 0.0161. The van der Waals surface area contributed by atoms with Crippen molar-refractivity contribution in [2.75, 3.05) is 0 Å². The van der Waals surface area contributed by atoms with E-state index < -0.39 is 11.7 Å². The molecular formula is C62H36F3N5. The van der Waals surface area contributed by atoms with Crippen molar-refractivity contribution in [3.8, 4) is 39.9 Å². The van der Waals surface area contributed by atoms with Crippen molar-refractivity contribution in [1.29, 1.82) is 5.26 Å². The van der Waals surface area contributed by atoms with E-state index in [1.54, 1.807) is 6.07 Å². The highest BCUT2D eigenvalue weighted by Gasteiger charge is 2.32. The van der Waals surface area contributed by atoms with Crippen LogP contribution in [0.5, 0.6) is 0 Å². The van der Waals surface area contributed by atoms with Gasteiger partial charge in [0.05, 0.1) is 66.6 Å². The third-order valence-corrected chi connectivity index (χ3v) is 14.2. The van der Waals surface area contributed by atoms with E-state index in [0.717, 1.165) is 105 Å². The number of halogens is 3. The summed E-state index contributed by atoms with van der Waals surface area (Å²) in [5.41, 5.74) is 11.0.